The highest BCUT2D eigenvalue weighted by Gasteiger charge is 2.29. The van der Waals surface area contributed by atoms with E-state index in [-0.39, 0.29) is 31.1 Å². The van der Waals surface area contributed by atoms with Crippen molar-refractivity contribution in [2.24, 2.45) is 23.3 Å². The van der Waals surface area contributed by atoms with E-state index in [0.29, 0.717) is 6.42 Å². The number of carbonyl (C=O) groups excluding carboxylic acids is 3. The number of rotatable bonds is 12. The minimum absolute atomic E-state index is 0.0336. The molecule has 0 fully saturated rings. The number of primary amides is 1. The molecule has 0 heterocycles. The normalized spacial score (nSPS) is 15.6. The zero-order valence-corrected chi connectivity index (χ0v) is 16.0. The predicted molar refractivity (Wildman–Crippen MR) is 96.8 cm³/mol. The molecule has 0 bridgehead atoms. The molecule has 4 unspecified atom stereocenters. The van der Waals surface area contributed by atoms with Crippen molar-refractivity contribution < 1.29 is 24.3 Å². The van der Waals surface area contributed by atoms with Crippen molar-refractivity contribution in [3.8, 4) is 0 Å². The Kier molecular flexibility index (Phi) is 10.5. The van der Waals surface area contributed by atoms with Crippen LogP contribution < -0.4 is 22.1 Å². The average molecular weight is 372 g/mol. The summed E-state index contributed by atoms with van der Waals surface area (Å²) in [5.41, 5.74) is 11.0. The van der Waals surface area contributed by atoms with Crippen LogP contribution in [0.2, 0.25) is 0 Å². The molecule has 9 nitrogen and oxygen atoms in total. The predicted octanol–water partition coefficient (Wildman–Crippen LogP) is -0.274. The summed E-state index contributed by atoms with van der Waals surface area (Å²) >= 11 is 0. The third kappa shape index (κ3) is 8.80. The van der Waals surface area contributed by atoms with Gasteiger partial charge in [-0.2, -0.15) is 0 Å². The molecule has 0 saturated carbocycles. The van der Waals surface area contributed by atoms with Crippen molar-refractivity contribution in [3.63, 3.8) is 0 Å². The average Bonchev–Trinajstić information content (AvgIpc) is 2.55. The van der Waals surface area contributed by atoms with Gasteiger partial charge in [-0.05, 0) is 24.7 Å². The summed E-state index contributed by atoms with van der Waals surface area (Å²) in [6, 6.07) is -2.98. The van der Waals surface area contributed by atoms with Gasteiger partial charge in [0.1, 0.15) is 12.1 Å². The lowest BCUT2D eigenvalue weighted by molar-refractivity contribution is -0.142. The molecule has 3 amide bonds. The molecular weight excluding hydrogens is 340 g/mol. The molecule has 0 aromatic carbocycles. The van der Waals surface area contributed by atoms with E-state index in [1.165, 1.54) is 0 Å². The van der Waals surface area contributed by atoms with Crippen LogP contribution in [-0.4, -0.2) is 46.9 Å². The van der Waals surface area contributed by atoms with Gasteiger partial charge in [-0.15, -0.1) is 0 Å². The maximum atomic E-state index is 12.5. The molecule has 7 N–H and O–H groups in total. The Hall–Kier alpha value is -2.16. The fraction of sp³-hybridized carbons (Fsp3) is 0.765. The number of amides is 3. The second kappa shape index (κ2) is 11.5. The van der Waals surface area contributed by atoms with Gasteiger partial charge < -0.3 is 27.2 Å². The van der Waals surface area contributed by atoms with Crippen molar-refractivity contribution in [3.05, 3.63) is 0 Å². The van der Waals surface area contributed by atoms with Crippen LogP contribution in [0.1, 0.15) is 53.4 Å². The molecular formula is C17H32N4O5. The van der Waals surface area contributed by atoms with Gasteiger partial charge in [-0.25, -0.2) is 4.79 Å². The molecule has 0 aliphatic heterocycles. The number of hydrogen-bond acceptors (Lipinski definition) is 5. The van der Waals surface area contributed by atoms with Gasteiger partial charge in [0.05, 0.1) is 6.04 Å². The maximum Gasteiger partial charge on any atom is 0.326 e. The van der Waals surface area contributed by atoms with E-state index >= 15 is 0 Å². The van der Waals surface area contributed by atoms with Crippen molar-refractivity contribution in [2.45, 2.75) is 71.5 Å². The summed E-state index contributed by atoms with van der Waals surface area (Å²) in [7, 11) is 0. The van der Waals surface area contributed by atoms with E-state index in [2.05, 4.69) is 10.6 Å². The van der Waals surface area contributed by atoms with Gasteiger partial charge in [0.2, 0.25) is 17.7 Å². The summed E-state index contributed by atoms with van der Waals surface area (Å²) < 4.78 is 0. The van der Waals surface area contributed by atoms with Crippen molar-refractivity contribution in [2.75, 3.05) is 0 Å². The van der Waals surface area contributed by atoms with Gasteiger partial charge in [-0.3, -0.25) is 14.4 Å². The van der Waals surface area contributed by atoms with E-state index < -0.39 is 41.8 Å². The summed E-state index contributed by atoms with van der Waals surface area (Å²) in [4.78, 5) is 47.1. The molecule has 0 spiro atoms. The minimum Gasteiger partial charge on any atom is -0.480 e. The highest BCUT2D eigenvalue weighted by atomic mass is 16.4. The smallest absolute Gasteiger partial charge is 0.326 e. The van der Waals surface area contributed by atoms with E-state index in [9.17, 15) is 24.3 Å². The first-order chi connectivity index (χ1) is 12.0. The van der Waals surface area contributed by atoms with Crippen molar-refractivity contribution >= 4 is 23.7 Å². The fourth-order valence-electron chi connectivity index (χ4n) is 2.30. The van der Waals surface area contributed by atoms with E-state index in [1.54, 1.807) is 0 Å². The number of carboxylic acids is 1. The lowest BCUT2D eigenvalue weighted by Gasteiger charge is -2.24. The third-order valence-corrected chi connectivity index (χ3v) is 4.19. The molecule has 0 aliphatic rings. The summed E-state index contributed by atoms with van der Waals surface area (Å²) in [6.45, 7) is 7.36. The molecule has 26 heavy (non-hydrogen) atoms. The third-order valence-electron chi connectivity index (χ3n) is 4.19. The molecule has 0 aromatic rings. The minimum atomic E-state index is -1.16. The number of nitrogens with one attached hydrogen (secondary N) is 2. The first kappa shape index (κ1) is 23.8. The lowest BCUT2D eigenvalue weighted by atomic mass is 9.98. The molecule has 0 rings (SSSR count). The monoisotopic (exact) mass is 372 g/mol. The van der Waals surface area contributed by atoms with Crippen LogP contribution in [0.15, 0.2) is 0 Å². The van der Waals surface area contributed by atoms with Crippen LogP contribution in [0.25, 0.3) is 0 Å². The summed E-state index contributed by atoms with van der Waals surface area (Å²) in [6.07, 6.45) is 0.763. The molecule has 9 heteroatoms. The molecule has 0 saturated heterocycles. The Morgan fingerprint density at radius 1 is 1.00 bits per heavy atom. The zero-order chi connectivity index (χ0) is 20.4. The quantitative estimate of drug-likeness (QED) is 0.316. The van der Waals surface area contributed by atoms with Crippen LogP contribution in [0.5, 0.6) is 0 Å². The van der Waals surface area contributed by atoms with Crippen LogP contribution >= 0.6 is 0 Å². The maximum absolute atomic E-state index is 12.5. The second-order valence-corrected chi connectivity index (χ2v) is 7.01. The number of nitrogens with two attached hydrogens (primary N) is 2. The largest absolute Gasteiger partial charge is 0.480 e. The standard InChI is InChI=1S/C17H32N4O5/c1-5-10(4)14(19)16(24)20-11(6-7-13(18)22)15(23)21-12(17(25)26)8-9(2)3/h9-12,14H,5-8,19H2,1-4H3,(H2,18,22)(H,20,24)(H,21,23)(H,25,26). The van der Waals surface area contributed by atoms with Gasteiger partial charge in [-0.1, -0.05) is 34.1 Å². The zero-order valence-electron chi connectivity index (χ0n) is 16.0. The van der Waals surface area contributed by atoms with Crippen molar-refractivity contribution in [1.29, 1.82) is 0 Å². The highest BCUT2D eigenvalue weighted by molar-refractivity contribution is 5.92. The number of aliphatic carboxylic acids is 1. The highest BCUT2D eigenvalue weighted by Crippen LogP contribution is 2.09. The van der Waals surface area contributed by atoms with Crippen LogP contribution in [0, 0.1) is 11.8 Å². The molecule has 4 atom stereocenters. The summed E-state index contributed by atoms with van der Waals surface area (Å²) in [5, 5.41) is 14.2. The number of carbonyl (C=O) groups is 4. The Bertz CT molecular complexity index is 509. The fourth-order valence-corrected chi connectivity index (χ4v) is 2.30. The van der Waals surface area contributed by atoms with E-state index in [1.807, 2.05) is 27.7 Å². The van der Waals surface area contributed by atoms with Crippen LogP contribution in [0.4, 0.5) is 0 Å². The molecule has 0 aromatic heterocycles. The SMILES string of the molecule is CCC(C)C(N)C(=O)NC(CCC(N)=O)C(=O)NC(CC(C)C)C(=O)O. The van der Waals surface area contributed by atoms with Crippen molar-refractivity contribution in [1.82, 2.24) is 10.6 Å². The van der Waals surface area contributed by atoms with Gasteiger partial charge >= 0.3 is 5.97 Å². The first-order valence-corrected chi connectivity index (χ1v) is 8.86. The molecule has 150 valence electrons. The van der Waals surface area contributed by atoms with Crippen LogP contribution in [0.3, 0.4) is 0 Å². The lowest BCUT2D eigenvalue weighted by Crippen LogP contribution is -2.55. The topological polar surface area (TPSA) is 165 Å². The number of carboxylic acid groups (broad SMARTS) is 1. The van der Waals surface area contributed by atoms with E-state index in [0.717, 1.165) is 0 Å². The van der Waals surface area contributed by atoms with Gasteiger partial charge in [0.25, 0.3) is 0 Å². The molecule has 0 radical (unpaired) electrons. The van der Waals surface area contributed by atoms with Gasteiger partial charge in [0.15, 0.2) is 0 Å². The first-order valence-electron chi connectivity index (χ1n) is 8.86. The number of hydrogen-bond donors (Lipinski definition) is 5. The van der Waals surface area contributed by atoms with Crippen LogP contribution in [-0.2, 0) is 19.2 Å². The Balaban J connectivity index is 5.14. The second-order valence-electron chi connectivity index (χ2n) is 7.01. The van der Waals surface area contributed by atoms with E-state index in [4.69, 9.17) is 11.5 Å². The summed E-state index contributed by atoms with van der Waals surface area (Å²) in [5.74, 6) is -3.04. The van der Waals surface area contributed by atoms with Gasteiger partial charge in [0, 0.05) is 6.42 Å². The molecule has 0 aliphatic carbocycles. The Morgan fingerprint density at radius 2 is 1.54 bits per heavy atom. The Labute approximate surface area is 154 Å². The Morgan fingerprint density at radius 3 is 1.96 bits per heavy atom.